The summed E-state index contributed by atoms with van der Waals surface area (Å²) in [5.74, 6) is -5.70. The second-order valence-electron chi connectivity index (χ2n) is 15.4. The maximum absolute atomic E-state index is 14.5. The van der Waals surface area contributed by atoms with Crippen molar-refractivity contribution in [1.29, 1.82) is 0 Å². The Balaban J connectivity index is 1.49. The van der Waals surface area contributed by atoms with Gasteiger partial charge in [0.25, 0.3) is 11.8 Å². The molecule has 1 saturated carbocycles. The summed E-state index contributed by atoms with van der Waals surface area (Å²) in [6.07, 6.45) is 4.00. The molecule has 1 aliphatic heterocycles. The van der Waals surface area contributed by atoms with Crippen molar-refractivity contribution in [2.75, 3.05) is 26.2 Å². The standard InChI is InChI=1S/C42H57N7O9/c1-4-14-31(36(51)40(55)45-23-33(50)47-34(37(43)52)28-15-8-5-9-16-28)46-39(54)32-21-27(22-44-38(53)30-19-12-7-13-20-30)24-49(32)41(56)35(29-17-10-6-11-18-29)48-42(57)58-25-26(2)3/h5,7-9,12-13,15-16,19-20,26-27,29,31-32,34-35H,4,6,10-11,14,17-18,21-25H2,1-3H3,(H2,43,52)(H,44,53)(H,45,55)(H,46,54)(H,47,50)(H,48,57)/t27-,31?,32-,34-,35-/m0/s1. The molecule has 314 valence electrons. The number of hydrogen-bond acceptors (Lipinski definition) is 9. The number of ketones is 1. The molecule has 58 heavy (non-hydrogen) atoms. The molecule has 1 saturated heterocycles. The fourth-order valence-corrected chi connectivity index (χ4v) is 7.34. The minimum Gasteiger partial charge on any atom is -0.449 e. The van der Waals surface area contributed by atoms with Crippen molar-refractivity contribution in [2.45, 2.75) is 96.3 Å². The van der Waals surface area contributed by atoms with Crippen molar-refractivity contribution >= 4 is 47.3 Å². The van der Waals surface area contributed by atoms with Gasteiger partial charge in [0.15, 0.2) is 0 Å². The molecule has 4 rings (SSSR count). The number of benzene rings is 2. The highest BCUT2D eigenvalue weighted by atomic mass is 16.5. The van der Waals surface area contributed by atoms with Crippen molar-refractivity contribution in [3.05, 3.63) is 71.8 Å². The lowest BCUT2D eigenvalue weighted by atomic mass is 9.83. The molecule has 1 aliphatic carbocycles. The number of nitrogens with one attached hydrogen (secondary N) is 5. The van der Waals surface area contributed by atoms with Gasteiger partial charge in [-0.2, -0.15) is 0 Å². The molecule has 2 aliphatic rings. The summed E-state index contributed by atoms with van der Waals surface area (Å²) < 4.78 is 5.38. The van der Waals surface area contributed by atoms with E-state index in [4.69, 9.17) is 10.5 Å². The second kappa shape index (κ2) is 22.2. The van der Waals surface area contributed by atoms with Gasteiger partial charge in [-0.3, -0.25) is 33.6 Å². The summed E-state index contributed by atoms with van der Waals surface area (Å²) in [6.45, 7) is 5.28. The van der Waals surface area contributed by atoms with E-state index in [1.54, 1.807) is 67.6 Å². The minimum absolute atomic E-state index is 0.0694. The number of carbonyl (C=O) groups excluding carboxylic acids is 8. The monoisotopic (exact) mass is 803 g/mol. The third-order valence-corrected chi connectivity index (χ3v) is 10.3. The zero-order valence-electron chi connectivity index (χ0n) is 33.5. The van der Waals surface area contributed by atoms with E-state index in [0.717, 1.165) is 19.3 Å². The number of carbonyl (C=O) groups is 8. The van der Waals surface area contributed by atoms with Crippen molar-refractivity contribution in [1.82, 2.24) is 31.5 Å². The van der Waals surface area contributed by atoms with Gasteiger partial charge < -0.3 is 42.0 Å². The number of likely N-dealkylation sites (tertiary alicyclic amines) is 1. The lowest BCUT2D eigenvalue weighted by Gasteiger charge is -2.34. The first kappa shape index (κ1) is 44.9. The number of Topliss-reactive ketones (excluding diaryl/α,β-unsaturated/α-hetero) is 1. The summed E-state index contributed by atoms with van der Waals surface area (Å²) in [7, 11) is 0. The van der Waals surface area contributed by atoms with Gasteiger partial charge in [-0.15, -0.1) is 0 Å². The quantitative estimate of drug-likeness (QED) is 0.114. The van der Waals surface area contributed by atoms with Gasteiger partial charge in [-0.25, -0.2) is 4.79 Å². The highest BCUT2D eigenvalue weighted by Gasteiger charge is 2.45. The van der Waals surface area contributed by atoms with Crippen LogP contribution in [0, 0.1) is 17.8 Å². The number of rotatable bonds is 19. The smallest absolute Gasteiger partial charge is 0.407 e. The topological polar surface area (TPSA) is 235 Å². The van der Waals surface area contributed by atoms with Crippen LogP contribution < -0.4 is 32.3 Å². The summed E-state index contributed by atoms with van der Waals surface area (Å²) in [5, 5.41) is 13.1. The van der Waals surface area contributed by atoms with Gasteiger partial charge in [0, 0.05) is 18.7 Å². The zero-order chi connectivity index (χ0) is 42.2. The normalized spacial score (nSPS) is 18.2. The van der Waals surface area contributed by atoms with Crippen LogP contribution in [-0.2, 0) is 33.5 Å². The fraction of sp³-hybridized carbons (Fsp3) is 0.524. The number of amides is 7. The van der Waals surface area contributed by atoms with Crippen LogP contribution in [0.5, 0.6) is 0 Å². The molecule has 0 bridgehead atoms. The molecule has 1 heterocycles. The van der Waals surface area contributed by atoms with Gasteiger partial charge in [0.1, 0.15) is 18.1 Å². The Bertz CT molecular complexity index is 1750. The Morgan fingerprint density at radius 3 is 2.12 bits per heavy atom. The van der Waals surface area contributed by atoms with E-state index in [9.17, 15) is 38.4 Å². The van der Waals surface area contributed by atoms with Crippen LogP contribution >= 0.6 is 0 Å². The molecular weight excluding hydrogens is 747 g/mol. The predicted molar refractivity (Wildman–Crippen MR) is 213 cm³/mol. The molecule has 16 heteroatoms. The number of nitrogens with two attached hydrogens (primary N) is 1. The van der Waals surface area contributed by atoms with E-state index >= 15 is 0 Å². The maximum atomic E-state index is 14.5. The second-order valence-corrected chi connectivity index (χ2v) is 15.4. The number of primary amides is 1. The molecule has 2 aromatic carbocycles. The van der Waals surface area contributed by atoms with E-state index in [2.05, 4.69) is 26.6 Å². The molecule has 2 aromatic rings. The largest absolute Gasteiger partial charge is 0.449 e. The Morgan fingerprint density at radius 2 is 1.50 bits per heavy atom. The lowest BCUT2D eigenvalue weighted by molar-refractivity contribution is -0.143. The molecule has 0 aromatic heterocycles. The molecular formula is C42H57N7O9. The average molecular weight is 804 g/mol. The lowest BCUT2D eigenvalue weighted by Crippen LogP contribution is -2.58. The zero-order valence-corrected chi connectivity index (χ0v) is 33.5. The number of alkyl carbamates (subject to hydrolysis) is 1. The fourth-order valence-electron chi connectivity index (χ4n) is 7.34. The van der Waals surface area contributed by atoms with E-state index in [-0.39, 0.29) is 56.2 Å². The van der Waals surface area contributed by atoms with Gasteiger partial charge >= 0.3 is 6.09 Å². The maximum Gasteiger partial charge on any atom is 0.407 e. The summed E-state index contributed by atoms with van der Waals surface area (Å²) in [5.41, 5.74) is 6.36. The van der Waals surface area contributed by atoms with Gasteiger partial charge in [-0.1, -0.05) is 95.0 Å². The highest BCUT2D eigenvalue weighted by molar-refractivity contribution is 6.38. The van der Waals surface area contributed by atoms with E-state index in [1.807, 2.05) is 13.8 Å². The summed E-state index contributed by atoms with van der Waals surface area (Å²) in [4.78, 5) is 107. The first-order valence-corrected chi connectivity index (χ1v) is 20.1. The van der Waals surface area contributed by atoms with Crippen molar-refractivity contribution in [3.63, 3.8) is 0 Å². The van der Waals surface area contributed by atoms with Crippen LogP contribution in [0.3, 0.4) is 0 Å². The highest BCUT2D eigenvalue weighted by Crippen LogP contribution is 2.31. The molecule has 16 nitrogen and oxygen atoms in total. The number of nitrogens with zero attached hydrogens (tertiary/aromatic N) is 1. The van der Waals surface area contributed by atoms with Crippen molar-refractivity contribution in [3.8, 4) is 0 Å². The molecule has 5 atom stereocenters. The van der Waals surface area contributed by atoms with Gasteiger partial charge in [0.05, 0.1) is 19.2 Å². The van der Waals surface area contributed by atoms with Crippen LogP contribution in [0.15, 0.2) is 60.7 Å². The van der Waals surface area contributed by atoms with Gasteiger partial charge in [0.2, 0.25) is 29.4 Å². The predicted octanol–water partition coefficient (Wildman–Crippen LogP) is 2.28. The van der Waals surface area contributed by atoms with Crippen LogP contribution in [0.1, 0.15) is 94.1 Å². The molecule has 1 unspecified atom stereocenters. The van der Waals surface area contributed by atoms with Crippen LogP contribution in [0.4, 0.5) is 4.79 Å². The Hall–Kier alpha value is -5.80. The molecule has 7 N–H and O–H groups in total. The molecule has 0 radical (unpaired) electrons. The van der Waals surface area contributed by atoms with E-state index < -0.39 is 72.1 Å². The SMILES string of the molecule is CCCC(NC(=O)[C@@H]1C[C@@H](CNC(=O)c2ccccc2)CN1C(=O)[C@@H](NC(=O)OCC(C)C)C1CCCCC1)C(=O)C(=O)NCC(=O)N[C@H](C(N)=O)c1ccccc1. The number of ether oxygens (including phenoxy) is 1. The molecule has 7 amide bonds. The first-order chi connectivity index (χ1) is 27.8. The minimum atomic E-state index is -1.30. The third-order valence-electron chi connectivity index (χ3n) is 10.3. The van der Waals surface area contributed by atoms with Crippen LogP contribution in [0.25, 0.3) is 0 Å². The molecule has 0 spiro atoms. The van der Waals surface area contributed by atoms with Crippen LogP contribution in [0.2, 0.25) is 0 Å². The number of hydrogen-bond donors (Lipinski definition) is 6. The van der Waals surface area contributed by atoms with E-state index in [0.29, 0.717) is 30.4 Å². The average Bonchev–Trinajstić information content (AvgIpc) is 3.67. The van der Waals surface area contributed by atoms with Crippen molar-refractivity contribution < 1.29 is 43.1 Å². The van der Waals surface area contributed by atoms with Crippen LogP contribution in [-0.4, -0.2) is 96.6 Å². The van der Waals surface area contributed by atoms with E-state index in [1.165, 1.54) is 4.90 Å². The Morgan fingerprint density at radius 1 is 0.845 bits per heavy atom. The summed E-state index contributed by atoms with van der Waals surface area (Å²) >= 11 is 0. The third kappa shape index (κ3) is 13.1. The Kier molecular flexibility index (Phi) is 17.2. The van der Waals surface area contributed by atoms with Crippen molar-refractivity contribution in [2.24, 2.45) is 23.5 Å². The Labute approximate surface area is 339 Å². The summed E-state index contributed by atoms with van der Waals surface area (Å²) in [6, 6.07) is 12.3. The van der Waals surface area contributed by atoms with Gasteiger partial charge in [-0.05, 0) is 61.1 Å². The molecule has 2 fully saturated rings. The first-order valence-electron chi connectivity index (χ1n) is 20.1.